The van der Waals surface area contributed by atoms with Gasteiger partial charge in [0.05, 0.1) is 17.6 Å². The van der Waals surface area contributed by atoms with Crippen LogP contribution in [0, 0.1) is 13.8 Å². The third-order valence-corrected chi connectivity index (χ3v) is 4.56. The number of carbonyl (C=O) groups excluding carboxylic acids is 1. The summed E-state index contributed by atoms with van der Waals surface area (Å²) >= 11 is 1.41. The monoisotopic (exact) mass is 297 g/mol. The van der Waals surface area contributed by atoms with Gasteiger partial charge >= 0.3 is 0 Å². The topological polar surface area (TPSA) is 68.0 Å². The van der Waals surface area contributed by atoms with Crippen LogP contribution in [0.25, 0.3) is 10.1 Å². The lowest BCUT2D eigenvalue weighted by atomic mass is 10.1. The number of benzene rings is 1. The highest BCUT2D eigenvalue weighted by atomic mass is 32.1. The maximum atomic E-state index is 12.4. The molecular weight excluding hydrogens is 282 g/mol. The van der Waals surface area contributed by atoms with Crippen molar-refractivity contribution in [2.75, 3.05) is 11.1 Å². The molecule has 0 aliphatic heterocycles. The van der Waals surface area contributed by atoms with Crippen molar-refractivity contribution in [3.05, 3.63) is 52.7 Å². The van der Waals surface area contributed by atoms with Gasteiger partial charge in [-0.1, -0.05) is 11.6 Å². The first-order valence-electron chi connectivity index (χ1n) is 6.57. The van der Waals surface area contributed by atoms with Gasteiger partial charge in [-0.05, 0) is 37.6 Å². The molecule has 3 rings (SSSR count). The van der Waals surface area contributed by atoms with Crippen LogP contribution in [0.15, 0.2) is 36.7 Å². The highest BCUT2D eigenvalue weighted by Crippen LogP contribution is 2.34. The van der Waals surface area contributed by atoms with Crippen LogP contribution in [0.2, 0.25) is 0 Å². The van der Waals surface area contributed by atoms with Crippen molar-refractivity contribution in [2.45, 2.75) is 13.8 Å². The van der Waals surface area contributed by atoms with Crippen LogP contribution in [0.5, 0.6) is 0 Å². The Balaban J connectivity index is 1.99. The minimum atomic E-state index is -0.192. The van der Waals surface area contributed by atoms with Crippen molar-refractivity contribution in [3.63, 3.8) is 0 Å². The molecule has 1 aromatic carbocycles. The number of anilines is 2. The average Bonchev–Trinajstić information content (AvgIpc) is 2.79. The number of fused-ring (bicyclic) bond motifs is 1. The lowest BCUT2D eigenvalue weighted by molar-refractivity contribution is 0.103. The van der Waals surface area contributed by atoms with Crippen molar-refractivity contribution in [1.29, 1.82) is 0 Å². The maximum absolute atomic E-state index is 12.4. The summed E-state index contributed by atoms with van der Waals surface area (Å²) in [7, 11) is 0. The molecule has 1 amide bonds. The van der Waals surface area contributed by atoms with Crippen LogP contribution in [-0.4, -0.2) is 10.9 Å². The molecule has 2 heterocycles. The second-order valence-corrected chi connectivity index (χ2v) is 6.04. The molecule has 0 bridgehead atoms. The Morgan fingerprint density at radius 3 is 2.86 bits per heavy atom. The van der Waals surface area contributed by atoms with Gasteiger partial charge in [-0.2, -0.15) is 0 Å². The minimum Gasteiger partial charge on any atom is -0.397 e. The van der Waals surface area contributed by atoms with Crippen molar-refractivity contribution in [1.82, 2.24) is 4.98 Å². The predicted octanol–water partition coefficient (Wildman–Crippen LogP) is 3.75. The van der Waals surface area contributed by atoms with Gasteiger partial charge in [0.15, 0.2) is 0 Å². The van der Waals surface area contributed by atoms with Crippen LogP contribution in [0.4, 0.5) is 11.4 Å². The summed E-state index contributed by atoms with van der Waals surface area (Å²) in [4.78, 5) is 17.0. The molecule has 4 nitrogen and oxygen atoms in total. The Morgan fingerprint density at radius 2 is 2.10 bits per heavy atom. The zero-order valence-electron chi connectivity index (χ0n) is 11.8. The number of hydrogen-bond acceptors (Lipinski definition) is 4. The molecule has 0 unspecified atom stereocenters. The van der Waals surface area contributed by atoms with E-state index in [0.29, 0.717) is 16.3 Å². The smallest absolute Gasteiger partial charge is 0.267 e. The fourth-order valence-electron chi connectivity index (χ4n) is 2.17. The van der Waals surface area contributed by atoms with Crippen LogP contribution >= 0.6 is 11.3 Å². The summed E-state index contributed by atoms with van der Waals surface area (Å²) in [5.41, 5.74) is 9.47. The summed E-state index contributed by atoms with van der Waals surface area (Å²) in [5, 5.41) is 3.81. The Labute approximate surface area is 126 Å². The highest BCUT2D eigenvalue weighted by Gasteiger charge is 2.17. The van der Waals surface area contributed by atoms with E-state index in [-0.39, 0.29) is 5.91 Å². The highest BCUT2D eigenvalue weighted by molar-refractivity contribution is 7.21. The summed E-state index contributed by atoms with van der Waals surface area (Å²) in [6, 6.07) is 7.88. The number of hydrogen-bond donors (Lipinski definition) is 2. The van der Waals surface area contributed by atoms with Crippen LogP contribution in [0.1, 0.15) is 20.8 Å². The Hall–Kier alpha value is -2.40. The quantitative estimate of drug-likeness (QED) is 0.757. The van der Waals surface area contributed by atoms with E-state index >= 15 is 0 Å². The molecule has 5 heteroatoms. The van der Waals surface area contributed by atoms with E-state index in [2.05, 4.69) is 10.3 Å². The molecule has 2 aromatic heterocycles. The van der Waals surface area contributed by atoms with Gasteiger partial charge < -0.3 is 11.1 Å². The molecule has 0 spiro atoms. The number of nitrogens with zero attached hydrogens (tertiary/aromatic N) is 1. The lowest BCUT2D eigenvalue weighted by Crippen LogP contribution is -2.13. The standard InChI is InChI=1S/C16H15N3OS/c1-9-3-4-13-11(7-9)14(17)15(21-13)16(20)19-12-8-18-6-5-10(12)2/h3-8H,17H2,1-2H3,(H,19,20). The number of pyridine rings is 1. The van der Waals surface area contributed by atoms with Gasteiger partial charge in [0.25, 0.3) is 5.91 Å². The zero-order valence-corrected chi connectivity index (χ0v) is 12.6. The molecule has 0 atom stereocenters. The summed E-state index contributed by atoms with van der Waals surface area (Å²) in [6.07, 6.45) is 3.34. The van der Waals surface area contributed by atoms with Crippen molar-refractivity contribution in [3.8, 4) is 0 Å². The molecule has 0 radical (unpaired) electrons. The first kappa shape index (κ1) is 13.6. The molecule has 21 heavy (non-hydrogen) atoms. The molecule has 3 aromatic rings. The third-order valence-electron chi connectivity index (χ3n) is 3.38. The summed E-state index contributed by atoms with van der Waals surface area (Å²) in [5.74, 6) is -0.192. The van der Waals surface area contributed by atoms with E-state index in [1.165, 1.54) is 11.3 Å². The van der Waals surface area contributed by atoms with E-state index in [4.69, 9.17) is 5.73 Å². The van der Waals surface area contributed by atoms with Crippen molar-refractivity contribution >= 4 is 38.7 Å². The second-order valence-electron chi connectivity index (χ2n) is 4.99. The van der Waals surface area contributed by atoms with Crippen LogP contribution in [0.3, 0.4) is 0 Å². The molecule has 0 aliphatic carbocycles. The van der Waals surface area contributed by atoms with E-state index in [9.17, 15) is 4.79 Å². The Kier molecular flexibility index (Phi) is 3.35. The normalized spacial score (nSPS) is 10.8. The van der Waals surface area contributed by atoms with Gasteiger partial charge in [0.1, 0.15) is 4.88 Å². The van der Waals surface area contributed by atoms with E-state index in [1.54, 1.807) is 12.4 Å². The zero-order chi connectivity index (χ0) is 15.0. The van der Waals surface area contributed by atoms with Crippen LogP contribution < -0.4 is 11.1 Å². The summed E-state index contributed by atoms with van der Waals surface area (Å²) < 4.78 is 1.02. The van der Waals surface area contributed by atoms with Gasteiger partial charge in [-0.3, -0.25) is 9.78 Å². The maximum Gasteiger partial charge on any atom is 0.267 e. The molecular formula is C16H15N3OS. The van der Waals surface area contributed by atoms with E-state index in [0.717, 1.165) is 21.2 Å². The number of amides is 1. The Bertz CT molecular complexity index is 839. The first-order chi connectivity index (χ1) is 10.1. The molecule has 0 fully saturated rings. The van der Waals surface area contributed by atoms with Gasteiger partial charge in [-0.15, -0.1) is 11.3 Å². The molecule has 106 valence electrons. The van der Waals surface area contributed by atoms with Gasteiger partial charge in [0, 0.05) is 16.3 Å². The predicted molar refractivity (Wildman–Crippen MR) is 87.9 cm³/mol. The van der Waals surface area contributed by atoms with Gasteiger partial charge in [-0.25, -0.2) is 0 Å². The number of aromatic nitrogens is 1. The van der Waals surface area contributed by atoms with E-state index in [1.807, 2.05) is 38.1 Å². The molecule has 3 N–H and O–H groups in total. The average molecular weight is 297 g/mol. The molecule has 0 aliphatic rings. The van der Waals surface area contributed by atoms with Gasteiger partial charge in [0.2, 0.25) is 0 Å². The second kappa shape index (κ2) is 5.18. The van der Waals surface area contributed by atoms with Crippen molar-refractivity contribution < 1.29 is 4.79 Å². The third kappa shape index (κ3) is 2.48. The number of aryl methyl sites for hydroxylation is 2. The molecule has 0 saturated heterocycles. The fourth-order valence-corrected chi connectivity index (χ4v) is 3.17. The number of thiophene rings is 1. The fraction of sp³-hybridized carbons (Fsp3) is 0.125. The van der Waals surface area contributed by atoms with E-state index < -0.39 is 0 Å². The number of rotatable bonds is 2. The van der Waals surface area contributed by atoms with Crippen LogP contribution in [-0.2, 0) is 0 Å². The summed E-state index contributed by atoms with van der Waals surface area (Å²) in [6.45, 7) is 3.93. The molecule has 0 saturated carbocycles. The lowest BCUT2D eigenvalue weighted by Gasteiger charge is -2.06. The largest absolute Gasteiger partial charge is 0.397 e. The number of nitrogens with two attached hydrogens (primary N) is 1. The van der Waals surface area contributed by atoms with Crippen molar-refractivity contribution in [2.24, 2.45) is 0 Å². The minimum absolute atomic E-state index is 0.192. The first-order valence-corrected chi connectivity index (χ1v) is 7.38. The number of nitrogens with one attached hydrogen (secondary N) is 1. The Morgan fingerprint density at radius 1 is 1.29 bits per heavy atom. The number of nitrogen functional groups attached to an aromatic ring is 1. The SMILES string of the molecule is Cc1ccc2sc(C(=O)Nc3cnccc3C)c(N)c2c1. The number of carbonyl (C=O) groups is 1.